The highest BCUT2D eigenvalue weighted by molar-refractivity contribution is 7.88. The standard InChI is InChI=1S/C36H43FN4O6S/c1-25-13-15-30-20-29(25)22-38-35(43)32(16-14-26-8-3-2-4-9-26)39-36(44)33(40-48(45,46)24-28-11-5-6-12-31(28)37)21-34(42)41-18-7-10-27(23-41)17-19-47-30/h2-6,8-9,11-13,15,20,27,32-33,40H,7,10,14,16-19,21-24H2,1H3,(H,38,43)(H,39,44)/t27?,32-,33-/m0/s1. The van der Waals surface area contributed by atoms with E-state index < -0.39 is 51.9 Å². The maximum atomic E-state index is 14.4. The highest BCUT2D eigenvalue weighted by Crippen LogP contribution is 2.23. The monoisotopic (exact) mass is 678 g/mol. The number of halogens is 1. The van der Waals surface area contributed by atoms with Crippen LogP contribution in [0.5, 0.6) is 5.75 Å². The van der Waals surface area contributed by atoms with E-state index in [-0.39, 0.29) is 30.4 Å². The molecule has 2 aliphatic heterocycles. The summed E-state index contributed by atoms with van der Waals surface area (Å²) in [7, 11) is -4.29. The largest absolute Gasteiger partial charge is 0.494 e. The molecule has 1 unspecified atom stereocenters. The van der Waals surface area contributed by atoms with Gasteiger partial charge in [0.25, 0.3) is 0 Å². The van der Waals surface area contributed by atoms with Gasteiger partial charge in [0.05, 0.1) is 18.8 Å². The SMILES string of the molecule is Cc1ccc2cc1CNC(=O)[C@H](CCc1ccccc1)NC(=O)[C@@H](NS(=O)(=O)Cc1ccccc1F)CC(=O)N1CCCC(CCO2)C1. The maximum absolute atomic E-state index is 14.4. The third kappa shape index (κ3) is 9.86. The molecule has 3 amide bonds. The van der Waals surface area contributed by atoms with Crippen LogP contribution in [0.2, 0.25) is 0 Å². The quantitative estimate of drug-likeness (QED) is 0.349. The zero-order chi connectivity index (χ0) is 34.1. The molecule has 48 heavy (non-hydrogen) atoms. The van der Waals surface area contributed by atoms with Crippen molar-refractivity contribution in [3.05, 3.63) is 101 Å². The minimum Gasteiger partial charge on any atom is -0.494 e. The molecule has 0 saturated carbocycles. The van der Waals surface area contributed by atoms with Crippen molar-refractivity contribution < 1.29 is 31.9 Å². The highest BCUT2D eigenvalue weighted by Gasteiger charge is 2.33. The molecular weight excluding hydrogens is 635 g/mol. The van der Waals surface area contributed by atoms with E-state index in [0.717, 1.165) is 35.6 Å². The molecule has 12 heteroatoms. The van der Waals surface area contributed by atoms with E-state index in [1.807, 2.05) is 55.5 Å². The van der Waals surface area contributed by atoms with Gasteiger partial charge in [-0.15, -0.1) is 0 Å². The molecule has 10 nitrogen and oxygen atoms in total. The van der Waals surface area contributed by atoms with Crippen LogP contribution in [-0.4, -0.2) is 62.8 Å². The number of nitrogens with zero attached hydrogens (tertiary/aromatic N) is 1. The van der Waals surface area contributed by atoms with Gasteiger partial charge in [0, 0.05) is 25.2 Å². The first-order valence-electron chi connectivity index (χ1n) is 16.4. The average molecular weight is 679 g/mol. The third-order valence-electron chi connectivity index (χ3n) is 8.96. The number of amides is 3. The summed E-state index contributed by atoms with van der Waals surface area (Å²) in [5, 5.41) is 5.66. The Kier molecular flexibility index (Phi) is 11.8. The summed E-state index contributed by atoms with van der Waals surface area (Å²) in [6, 6.07) is 18.1. The number of rotatable bonds is 7. The van der Waals surface area contributed by atoms with Gasteiger partial charge in [0.1, 0.15) is 23.7 Å². The van der Waals surface area contributed by atoms with E-state index in [1.54, 1.807) is 4.90 Å². The zero-order valence-corrected chi connectivity index (χ0v) is 27.9. The van der Waals surface area contributed by atoms with Crippen molar-refractivity contribution >= 4 is 27.7 Å². The Balaban J connectivity index is 1.43. The fourth-order valence-electron chi connectivity index (χ4n) is 6.17. The molecule has 0 spiro atoms. The van der Waals surface area contributed by atoms with Crippen LogP contribution in [-0.2, 0) is 43.1 Å². The Morgan fingerprint density at radius 3 is 2.54 bits per heavy atom. The third-order valence-corrected chi connectivity index (χ3v) is 10.3. The second kappa shape index (κ2) is 16.2. The lowest BCUT2D eigenvalue weighted by atomic mass is 9.94. The Morgan fingerprint density at radius 2 is 1.75 bits per heavy atom. The van der Waals surface area contributed by atoms with Crippen LogP contribution in [0.1, 0.15) is 54.4 Å². The van der Waals surface area contributed by atoms with E-state index in [4.69, 9.17) is 4.74 Å². The van der Waals surface area contributed by atoms with Gasteiger partial charge in [-0.25, -0.2) is 17.5 Å². The van der Waals surface area contributed by atoms with Crippen molar-refractivity contribution in [1.29, 1.82) is 0 Å². The van der Waals surface area contributed by atoms with E-state index >= 15 is 0 Å². The predicted octanol–water partition coefficient (Wildman–Crippen LogP) is 3.77. The van der Waals surface area contributed by atoms with E-state index in [9.17, 15) is 27.2 Å². The summed E-state index contributed by atoms with van der Waals surface area (Å²) in [6.07, 6.45) is 2.62. The van der Waals surface area contributed by atoms with Gasteiger partial charge in [-0.05, 0) is 79.8 Å². The Bertz CT molecular complexity index is 1700. The number of nitrogens with one attached hydrogen (secondary N) is 3. The van der Waals surface area contributed by atoms with Crippen LogP contribution in [0.3, 0.4) is 0 Å². The topological polar surface area (TPSA) is 134 Å². The molecular formula is C36H43FN4O6S. The minimum atomic E-state index is -4.29. The number of fused-ring (bicyclic) bond motifs is 4. The van der Waals surface area contributed by atoms with Crippen LogP contribution in [0.25, 0.3) is 0 Å². The molecule has 2 aliphatic rings. The molecule has 3 aromatic rings. The molecule has 256 valence electrons. The Labute approximate surface area is 281 Å². The van der Waals surface area contributed by atoms with Gasteiger partial charge in [0.2, 0.25) is 27.7 Å². The van der Waals surface area contributed by atoms with Crippen molar-refractivity contribution in [1.82, 2.24) is 20.3 Å². The van der Waals surface area contributed by atoms with Gasteiger partial charge in [-0.3, -0.25) is 14.4 Å². The lowest BCUT2D eigenvalue weighted by Crippen LogP contribution is -2.55. The summed E-state index contributed by atoms with van der Waals surface area (Å²) < 4.78 is 49.4. The molecule has 1 saturated heterocycles. The second-order valence-corrected chi connectivity index (χ2v) is 14.4. The number of sulfonamides is 1. The van der Waals surface area contributed by atoms with E-state index in [2.05, 4.69) is 15.4 Å². The van der Waals surface area contributed by atoms with Crippen LogP contribution in [0.15, 0.2) is 72.8 Å². The number of benzene rings is 3. The van der Waals surface area contributed by atoms with Crippen molar-refractivity contribution in [3.63, 3.8) is 0 Å². The van der Waals surface area contributed by atoms with Gasteiger partial charge in [-0.2, -0.15) is 0 Å². The van der Waals surface area contributed by atoms with Crippen molar-refractivity contribution in [2.24, 2.45) is 5.92 Å². The smallest absolute Gasteiger partial charge is 0.242 e. The van der Waals surface area contributed by atoms with Gasteiger partial charge in [0.15, 0.2) is 0 Å². The van der Waals surface area contributed by atoms with Crippen LogP contribution in [0, 0.1) is 18.7 Å². The number of piperidine rings is 1. The molecule has 0 aromatic heterocycles. The fourth-order valence-corrected chi connectivity index (χ4v) is 7.52. The Hall–Kier alpha value is -4.29. The van der Waals surface area contributed by atoms with Gasteiger partial charge >= 0.3 is 0 Å². The number of carbonyl (C=O) groups is 3. The molecule has 3 N–H and O–H groups in total. The number of hydrogen-bond acceptors (Lipinski definition) is 6. The zero-order valence-electron chi connectivity index (χ0n) is 27.1. The molecule has 1 fully saturated rings. The van der Waals surface area contributed by atoms with Crippen LogP contribution < -0.4 is 20.1 Å². The number of aryl methyl sites for hydroxylation is 2. The average Bonchev–Trinajstić information content (AvgIpc) is 3.07. The molecule has 0 radical (unpaired) electrons. The van der Waals surface area contributed by atoms with Crippen molar-refractivity contribution in [2.45, 2.75) is 69.8 Å². The first-order chi connectivity index (χ1) is 23.1. The fraction of sp³-hybridized carbons (Fsp3) is 0.417. The van der Waals surface area contributed by atoms with E-state index in [0.29, 0.717) is 38.3 Å². The lowest BCUT2D eigenvalue weighted by molar-refractivity contribution is -0.136. The first-order valence-corrected chi connectivity index (χ1v) is 18.1. The number of hydrogen-bond donors (Lipinski definition) is 3. The summed E-state index contributed by atoms with van der Waals surface area (Å²) in [6.45, 7) is 3.52. The minimum absolute atomic E-state index is 0.0718. The summed E-state index contributed by atoms with van der Waals surface area (Å²) in [4.78, 5) is 42.8. The van der Waals surface area contributed by atoms with E-state index in [1.165, 1.54) is 18.2 Å². The molecule has 3 atom stereocenters. The van der Waals surface area contributed by atoms with Gasteiger partial charge in [-0.1, -0.05) is 54.6 Å². The van der Waals surface area contributed by atoms with Gasteiger partial charge < -0.3 is 20.3 Å². The molecule has 2 heterocycles. The maximum Gasteiger partial charge on any atom is 0.242 e. The summed E-state index contributed by atoms with van der Waals surface area (Å²) >= 11 is 0. The van der Waals surface area contributed by atoms with Crippen molar-refractivity contribution in [3.8, 4) is 5.75 Å². The summed E-state index contributed by atoms with van der Waals surface area (Å²) in [5.74, 6) is -2.20. The summed E-state index contributed by atoms with van der Waals surface area (Å²) in [5.41, 5.74) is 2.71. The highest BCUT2D eigenvalue weighted by atomic mass is 32.2. The van der Waals surface area contributed by atoms with Crippen LogP contribution in [0.4, 0.5) is 4.39 Å². The molecule has 3 aromatic carbocycles. The molecule has 4 bridgehead atoms. The Morgan fingerprint density at radius 1 is 0.979 bits per heavy atom. The molecule has 5 rings (SSSR count). The predicted molar refractivity (Wildman–Crippen MR) is 180 cm³/mol. The van der Waals surface area contributed by atoms with Crippen LogP contribution >= 0.6 is 0 Å². The normalized spacial score (nSPS) is 21.3. The number of carbonyl (C=O) groups excluding carboxylic acids is 3. The second-order valence-electron chi connectivity index (χ2n) is 12.6. The van der Waals surface area contributed by atoms with Crippen molar-refractivity contribution in [2.75, 3.05) is 19.7 Å². The lowest BCUT2D eigenvalue weighted by Gasteiger charge is -2.34. The molecule has 0 aliphatic carbocycles. The first kappa shape index (κ1) is 35.0. The number of ether oxygens (including phenoxy) is 1.